The fraction of sp³-hybridized carbons (Fsp3) is 0.156. The molecule has 0 atom stereocenters. The highest BCUT2D eigenvalue weighted by Crippen LogP contribution is 2.47. The predicted molar refractivity (Wildman–Crippen MR) is 163 cm³/mol. The first kappa shape index (κ1) is 27.9. The van der Waals surface area contributed by atoms with Crippen molar-refractivity contribution in [2.24, 2.45) is 0 Å². The second-order valence-corrected chi connectivity index (χ2v) is 10.1. The minimum Gasteiger partial charge on any atom is -0.493 e. The lowest BCUT2D eigenvalue weighted by Crippen LogP contribution is -2.10. The molecule has 6 rings (SSSR count). The van der Waals surface area contributed by atoms with Gasteiger partial charge >= 0.3 is 6.16 Å². The van der Waals surface area contributed by atoms with Gasteiger partial charge in [-0.2, -0.15) is 8.75 Å². The summed E-state index contributed by atoms with van der Waals surface area (Å²) in [6.07, 6.45) is -1.45. The molecular weight excluding hydrogens is 570 g/mol. The van der Waals surface area contributed by atoms with E-state index in [1.165, 1.54) is 21.3 Å². The van der Waals surface area contributed by atoms with Crippen LogP contribution in [0.1, 0.15) is 11.1 Å². The van der Waals surface area contributed by atoms with Crippen molar-refractivity contribution in [3.05, 3.63) is 90.0 Å². The number of hydrogen-bond acceptors (Lipinski definition) is 9. The molecule has 43 heavy (non-hydrogen) atoms. The van der Waals surface area contributed by atoms with Gasteiger partial charge < -0.3 is 33.4 Å². The summed E-state index contributed by atoms with van der Waals surface area (Å²) in [4.78, 5) is 12.1. The highest BCUT2D eigenvalue weighted by atomic mass is 32.1. The average Bonchev–Trinajstić information content (AvgIpc) is 3.61. The van der Waals surface area contributed by atoms with E-state index in [0.29, 0.717) is 52.8 Å². The molecule has 218 valence electrons. The zero-order chi connectivity index (χ0) is 29.9. The minimum atomic E-state index is -1.45. The number of rotatable bonds is 10. The first-order valence-corrected chi connectivity index (χ1v) is 14.0. The number of hydrogen-bond donors (Lipinski definition) is 1. The van der Waals surface area contributed by atoms with Crippen LogP contribution < -0.4 is 23.7 Å². The standard InChI is InChI=1S/C32H27N3O7S/c1-38-27-14-21(15-28(39-2)30(27)40-3)29-23-11-10-22(41-18-19-7-5-4-6-8-19)16-26(23)35(31(29)42-32(36)37)17-20-9-12-24-25(13-20)34-43-33-24/h4-16H,17-18H2,1-3H3,(H,36,37). The van der Waals surface area contributed by atoms with Crippen LogP contribution in [0.4, 0.5) is 4.79 Å². The van der Waals surface area contributed by atoms with Crippen LogP contribution in [0.15, 0.2) is 78.9 Å². The lowest BCUT2D eigenvalue weighted by Gasteiger charge is -2.15. The Bertz CT molecular complexity index is 1910. The Kier molecular flexibility index (Phi) is 7.71. The number of carbonyl (C=O) groups is 1. The van der Waals surface area contributed by atoms with Gasteiger partial charge in [0.15, 0.2) is 11.5 Å². The third kappa shape index (κ3) is 5.50. The molecule has 4 aromatic carbocycles. The molecule has 10 nitrogen and oxygen atoms in total. The van der Waals surface area contributed by atoms with Crippen LogP contribution in [0.25, 0.3) is 33.1 Å². The predicted octanol–water partition coefficient (Wildman–Crippen LogP) is 7.02. The maximum Gasteiger partial charge on any atom is 0.512 e. The Morgan fingerprint density at radius 1 is 0.837 bits per heavy atom. The second kappa shape index (κ2) is 11.9. The van der Waals surface area contributed by atoms with Crippen molar-refractivity contribution in [2.45, 2.75) is 13.2 Å². The van der Waals surface area contributed by atoms with Gasteiger partial charge in [0.1, 0.15) is 23.4 Å². The smallest absolute Gasteiger partial charge is 0.493 e. The molecule has 0 fully saturated rings. The number of aromatic nitrogens is 3. The van der Waals surface area contributed by atoms with Gasteiger partial charge in [0.2, 0.25) is 11.6 Å². The molecule has 0 saturated carbocycles. The molecule has 0 spiro atoms. The summed E-state index contributed by atoms with van der Waals surface area (Å²) in [6.45, 7) is 0.665. The maximum atomic E-state index is 12.1. The summed E-state index contributed by atoms with van der Waals surface area (Å²) >= 11 is 1.14. The summed E-state index contributed by atoms with van der Waals surface area (Å²) < 4.78 is 38.9. The van der Waals surface area contributed by atoms with Crippen molar-refractivity contribution < 1.29 is 33.6 Å². The number of methoxy groups -OCH3 is 3. The van der Waals surface area contributed by atoms with Gasteiger partial charge in [0, 0.05) is 11.5 Å². The lowest BCUT2D eigenvalue weighted by molar-refractivity contribution is 0.141. The van der Waals surface area contributed by atoms with E-state index in [0.717, 1.165) is 39.3 Å². The molecule has 2 aromatic heterocycles. The SMILES string of the molecule is COc1cc(-c2c(OC(=O)O)n(Cc3ccc4nsnc4c3)c3cc(OCc4ccccc4)ccc23)cc(OC)c1OC. The summed E-state index contributed by atoms with van der Waals surface area (Å²) in [5, 5.41) is 10.6. The van der Waals surface area contributed by atoms with E-state index in [2.05, 4.69) is 8.75 Å². The summed E-state index contributed by atoms with van der Waals surface area (Å²) in [5.74, 6) is 2.01. The molecule has 6 aromatic rings. The molecular formula is C32H27N3O7S. The summed E-state index contributed by atoms with van der Waals surface area (Å²) in [7, 11) is 4.58. The number of benzene rings is 4. The molecule has 0 aliphatic carbocycles. The molecule has 1 N–H and O–H groups in total. The molecule has 0 bridgehead atoms. The third-order valence-corrected chi connectivity index (χ3v) is 7.59. The monoisotopic (exact) mass is 597 g/mol. The zero-order valence-corrected chi connectivity index (χ0v) is 24.4. The van der Waals surface area contributed by atoms with Crippen molar-refractivity contribution in [3.63, 3.8) is 0 Å². The fourth-order valence-corrected chi connectivity index (χ4v) is 5.61. The van der Waals surface area contributed by atoms with Crippen LogP contribution in [0.2, 0.25) is 0 Å². The van der Waals surface area contributed by atoms with Gasteiger partial charge in [-0.25, -0.2) is 4.79 Å². The third-order valence-electron chi connectivity index (χ3n) is 7.03. The second-order valence-electron chi connectivity index (χ2n) is 9.59. The molecule has 2 heterocycles. The van der Waals surface area contributed by atoms with E-state index in [9.17, 15) is 9.90 Å². The maximum absolute atomic E-state index is 12.1. The summed E-state index contributed by atoms with van der Waals surface area (Å²) in [6, 6.07) is 24.8. The van der Waals surface area contributed by atoms with E-state index in [4.69, 9.17) is 23.7 Å². The van der Waals surface area contributed by atoms with E-state index < -0.39 is 6.16 Å². The van der Waals surface area contributed by atoms with Crippen molar-refractivity contribution in [1.29, 1.82) is 0 Å². The largest absolute Gasteiger partial charge is 0.512 e. The van der Waals surface area contributed by atoms with Crippen LogP contribution in [0.3, 0.4) is 0 Å². The molecule has 0 unspecified atom stereocenters. The lowest BCUT2D eigenvalue weighted by atomic mass is 10.0. The number of carboxylic acid groups (broad SMARTS) is 1. The Morgan fingerprint density at radius 2 is 1.58 bits per heavy atom. The topological polar surface area (TPSA) is 114 Å². The quantitative estimate of drug-likeness (QED) is 0.166. The van der Waals surface area contributed by atoms with Crippen LogP contribution in [-0.2, 0) is 13.2 Å². The molecule has 0 radical (unpaired) electrons. The van der Waals surface area contributed by atoms with Crippen LogP contribution in [-0.4, -0.2) is 45.9 Å². The van der Waals surface area contributed by atoms with Crippen molar-refractivity contribution in [1.82, 2.24) is 13.3 Å². The molecule has 0 saturated heterocycles. The first-order chi connectivity index (χ1) is 21.0. The van der Waals surface area contributed by atoms with Crippen LogP contribution in [0, 0.1) is 0 Å². The van der Waals surface area contributed by atoms with Crippen molar-refractivity contribution in [2.75, 3.05) is 21.3 Å². The molecule has 0 amide bonds. The van der Waals surface area contributed by atoms with E-state index in [-0.39, 0.29) is 5.88 Å². The van der Waals surface area contributed by atoms with Gasteiger partial charge in [0.25, 0.3) is 0 Å². The number of ether oxygens (including phenoxy) is 5. The highest BCUT2D eigenvalue weighted by molar-refractivity contribution is 7.00. The van der Waals surface area contributed by atoms with Crippen molar-refractivity contribution >= 4 is 39.8 Å². The number of nitrogens with zero attached hydrogens (tertiary/aromatic N) is 3. The van der Waals surface area contributed by atoms with Gasteiger partial charge in [-0.05, 0) is 53.1 Å². The minimum absolute atomic E-state index is 0.133. The van der Waals surface area contributed by atoms with Crippen molar-refractivity contribution in [3.8, 4) is 40.0 Å². The average molecular weight is 598 g/mol. The Balaban J connectivity index is 1.56. The highest BCUT2D eigenvalue weighted by Gasteiger charge is 2.26. The Hall–Kier alpha value is -5.29. The van der Waals surface area contributed by atoms with Gasteiger partial charge in [-0.15, -0.1) is 0 Å². The van der Waals surface area contributed by atoms with Gasteiger partial charge in [0.05, 0.1) is 50.7 Å². The van der Waals surface area contributed by atoms with E-state index in [1.807, 2.05) is 71.3 Å². The molecule has 11 heteroatoms. The molecule has 0 aliphatic rings. The van der Waals surface area contributed by atoms with Crippen LogP contribution >= 0.6 is 11.7 Å². The van der Waals surface area contributed by atoms with E-state index >= 15 is 0 Å². The Morgan fingerprint density at radius 3 is 2.28 bits per heavy atom. The van der Waals surface area contributed by atoms with Gasteiger partial charge in [-0.1, -0.05) is 36.4 Å². The van der Waals surface area contributed by atoms with Crippen LogP contribution in [0.5, 0.6) is 28.9 Å². The number of fused-ring (bicyclic) bond motifs is 2. The fourth-order valence-electron chi connectivity index (χ4n) is 5.10. The van der Waals surface area contributed by atoms with Gasteiger partial charge in [-0.3, -0.25) is 0 Å². The summed E-state index contributed by atoms with van der Waals surface area (Å²) in [5.41, 5.74) is 5.34. The van der Waals surface area contributed by atoms with E-state index in [1.54, 1.807) is 12.1 Å². The Labute approximate surface area is 250 Å². The normalized spacial score (nSPS) is 11.0. The molecule has 0 aliphatic heterocycles. The first-order valence-electron chi connectivity index (χ1n) is 13.2. The zero-order valence-electron chi connectivity index (χ0n) is 23.6.